The second-order valence-electron chi connectivity index (χ2n) is 7.68. The van der Waals surface area contributed by atoms with Crippen molar-refractivity contribution in [2.75, 3.05) is 13.2 Å². The first-order valence-corrected chi connectivity index (χ1v) is 9.98. The number of fused-ring (bicyclic) bond motifs is 3. The van der Waals surface area contributed by atoms with Gasteiger partial charge in [0.25, 0.3) is 0 Å². The van der Waals surface area contributed by atoms with Crippen LogP contribution in [-0.2, 0) is 19.1 Å². The molecule has 0 radical (unpaired) electrons. The Balaban J connectivity index is 1.62. The molecule has 0 fully saturated rings. The second kappa shape index (κ2) is 9.61. The number of aliphatic hydroxyl groups is 1. The molecule has 3 rings (SSSR count). The number of hydrogen-bond acceptors (Lipinski definition) is 6. The Bertz CT molecular complexity index is 926. The molecule has 0 aromatic heterocycles. The lowest BCUT2D eigenvalue weighted by Gasteiger charge is -2.22. The molecule has 0 saturated carbocycles. The number of hydrogen-bond donors (Lipinski definition) is 3. The predicted molar refractivity (Wildman–Crippen MR) is 111 cm³/mol. The molecule has 0 bridgehead atoms. The van der Waals surface area contributed by atoms with E-state index in [-0.39, 0.29) is 18.4 Å². The first-order chi connectivity index (χ1) is 14.8. The van der Waals surface area contributed by atoms with E-state index in [2.05, 4.69) is 5.32 Å². The van der Waals surface area contributed by atoms with Gasteiger partial charge in [-0.15, -0.1) is 0 Å². The third-order valence-electron chi connectivity index (χ3n) is 5.21. The Labute approximate surface area is 179 Å². The third-order valence-corrected chi connectivity index (χ3v) is 5.21. The summed E-state index contributed by atoms with van der Waals surface area (Å²) in [5.74, 6) is -2.80. The smallest absolute Gasteiger partial charge is 0.407 e. The number of esters is 1. The van der Waals surface area contributed by atoms with E-state index in [1.54, 1.807) is 13.8 Å². The fourth-order valence-corrected chi connectivity index (χ4v) is 3.59. The first-order valence-electron chi connectivity index (χ1n) is 9.98. The molecule has 3 N–H and O–H groups in total. The summed E-state index contributed by atoms with van der Waals surface area (Å²) in [6.07, 6.45) is -2.61. The van der Waals surface area contributed by atoms with Gasteiger partial charge in [-0.05, 0) is 28.2 Å². The standard InChI is InChI=1S/C23H25NO7/c1-13(2)20(22(28)30-12-19(25)21(26)27)24-23(29)31-11-18-16-9-5-3-7-14(16)15-8-4-6-10-17(15)18/h3-10,13,18-20,25H,11-12H2,1-2H3,(H,24,29)(H,26,27)/t19?,20-/m0/s1. The number of benzene rings is 2. The van der Waals surface area contributed by atoms with Crippen LogP contribution in [0.2, 0.25) is 0 Å². The Morgan fingerprint density at radius 3 is 2.03 bits per heavy atom. The van der Waals surface area contributed by atoms with Crippen molar-refractivity contribution < 1.29 is 34.1 Å². The maximum atomic E-state index is 12.4. The van der Waals surface area contributed by atoms with E-state index < -0.39 is 36.8 Å². The maximum absolute atomic E-state index is 12.4. The number of carbonyl (C=O) groups is 3. The third kappa shape index (κ3) is 5.03. The highest BCUT2D eigenvalue weighted by Crippen LogP contribution is 2.44. The van der Waals surface area contributed by atoms with E-state index in [1.165, 1.54) is 0 Å². The molecule has 1 aliphatic rings. The van der Waals surface area contributed by atoms with E-state index in [0.29, 0.717) is 0 Å². The molecule has 2 aromatic rings. The minimum atomic E-state index is -1.83. The predicted octanol–water partition coefficient (Wildman–Crippen LogP) is 2.54. The van der Waals surface area contributed by atoms with Gasteiger partial charge in [-0.2, -0.15) is 0 Å². The lowest BCUT2D eigenvalue weighted by atomic mass is 9.98. The number of aliphatic hydroxyl groups excluding tert-OH is 1. The number of ether oxygens (including phenoxy) is 2. The summed E-state index contributed by atoms with van der Waals surface area (Å²) >= 11 is 0. The molecule has 1 amide bonds. The van der Waals surface area contributed by atoms with Gasteiger partial charge in [0, 0.05) is 5.92 Å². The molecule has 8 nitrogen and oxygen atoms in total. The van der Waals surface area contributed by atoms with Crippen LogP contribution in [0.25, 0.3) is 11.1 Å². The van der Waals surface area contributed by atoms with Gasteiger partial charge in [0.2, 0.25) is 0 Å². The van der Waals surface area contributed by atoms with Crippen molar-refractivity contribution in [3.63, 3.8) is 0 Å². The van der Waals surface area contributed by atoms with Gasteiger partial charge >= 0.3 is 18.0 Å². The molecular weight excluding hydrogens is 402 g/mol. The molecule has 0 saturated heterocycles. The topological polar surface area (TPSA) is 122 Å². The van der Waals surface area contributed by atoms with E-state index >= 15 is 0 Å². The Morgan fingerprint density at radius 2 is 1.52 bits per heavy atom. The van der Waals surface area contributed by atoms with Crippen LogP contribution in [-0.4, -0.2) is 53.6 Å². The van der Waals surface area contributed by atoms with Gasteiger partial charge in [0.05, 0.1) is 0 Å². The summed E-state index contributed by atoms with van der Waals surface area (Å²) < 4.78 is 10.3. The quantitative estimate of drug-likeness (QED) is 0.553. The summed E-state index contributed by atoms with van der Waals surface area (Å²) in [6.45, 7) is 2.79. The molecule has 164 valence electrons. The largest absolute Gasteiger partial charge is 0.479 e. The normalized spacial score (nSPS) is 14.3. The van der Waals surface area contributed by atoms with Crippen LogP contribution < -0.4 is 5.32 Å². The summed E-state index contributed by atoms with van der Waals surface area (Å²) in [5.41, 5.74) is 4.35. The van der Waals surface area contributed by atoms with Gasteiger partial charge in [-0.25, -0.2) is 14.4 Å². The maximum Gasteiger partial charge on any atom is 0.407 e. The van der Waals surface area contributed by atoms with E-state index in [9.17, 15) is 19.5 Å². The number of carboxylic acids is 1. The van der Waals surface area contributed by atoms with E-state index in [1.807, 2.05) is 48.5 Å². The minimum absolute atomic E-state index is 0.0947. The number of nitrogens with one attached hydrogen (secondary N) is 1. The highest BCUT2D eigenvalue weighted by molar-refractivity contribution is 5.82. The Kier molecular flexibility index (Phi) is 6.91. The molecule has 31 heavy (non-hydrogen) atoms. The number of aliphatic carboxylic acids is 1. The number of amides is 1. The molecule has 2 atom stereocenters. The summed E-state index contributed by atoms with van der Waals surface area (Å²) in [7, 11) is 0. The Morgan fingerprint density at radius 1 is 0.968 bits per heavy atom. The van der Waals surface area contributed by atoms with Crippen LogP contribution in [0.15, 0.2) is 48.5 Å². The van der Waals surface area contributed by atoms with Crippen LogP contribution in [0.5, 0.6) is 0 Å². The van der Waals surface area contributed by atoms with Gasteiger partial charge in [-0.3, -0.25) is 0 Å². The van der Waals surface area contributed by atoms with Crippen molar-refractivity contribution >= 4 is 18.0 Å². The Hall–Kier alpha value is -3.39. The first kappa shape index (κ1) is 22.3. The number of carbonyl (C=O) groups excluding carboxylic acids is 2. The van der Waals surface area contributed by atoms with Crippen LogP contribution in [0.3, 0.4) is 0 Å². The van der Waals surface area contributed by atoms with E-state index in [0.717, 1.165) is 22.3 Å². The second-order valence-corrected chi connectivity index (χ2v) is 7.68. The van der Waals surface area contributed by atoms with Crippen LogP contribution in [0.1, 0.15) is 30.9 Å². The summed E-state index contributed by atoms with van der Waals surface area (Å²) in [6, 6.07) is 14.8. The average molecular weight is 427 g/mol. The fourth-order valence-electron chi connectivity index (χ4n) is 3.59. The van der Waals surface area contributed by atoms with Crippen LogP contribution >= 0.6 is 0 Å². The zero-order valence-electron chi connectivity index (χ0n) is 17.3. The number of alkyl carbamates (subject to hydrolysis) is 1. The highest BCUT2D eigenvalue weighted by Gasteiger charge is 2.31. The van der Waals surface area contributed by atoms with Crippen molar-refractivity contribution in [1.29, 1.82) is 0 Å². The molecule has 1 aliphatic carbocycles. The van der Waals surface area contributed by atoms with Gasteiger partial charge in [-0.1, -0.05) is 62.4 Å². The van der Waals surface area contributed by atoms with Crippen LogP contribution in [0, 0.1) is 5.92 Å². The minimum Gasteiger partial charge on any atom is -0.479 e. The SMILES string of the molecule is CC(C)[C@H](NC(=O)OCC1c2ccccc2-c2ccccc21)C(=O)OCC(O)C(=O)O. The summed E-state index contributed by atoms with van der Waals surface area (Å²) in [4.78, 5) is 35.3. The van der Waals surface area contributed by atoms with Crippen molar-refractivity contribution in [3.8, 4) is 11.1 Å². The summed E-state index contributed by atoms with van der Waals surface area (Å²) in [5, 5.41) is 20.4. The molecular formula is C23H25NO7. The van der Waals surface area contributed by atoms with E-state index in [4.69, 9.17) is 14.6 Å². The molecule has 8 heteroatoms. The molecule has 0 aliphatic heterocycles. The van der Waals surface area contributed by atoms with Crippen molar-refractivity contribution in [3.05, 3.63) is 59.7 Å². The molecule has 0 heterocycles. The molecule has 0 spiro atoms. The fraction of sp³-hybridized carbons (Fsp3) is 0.348. The van der Waals surface area contributed by atoms with Gasteiger partial charge in [0.15, 0.2) is 6.10 Å². The number of carboxylic acid groups (broad SMARTS) is 1. The van der Waals surface area contributed by atoms with Gasteiger partial charge < -0.3 is 25.0 Å². The monoisotopic (exact) mass is 427 g/mol. The number of rotatable bonds is 8. The van der Waals surface area contributed by atoms with Gasteiger partial charge in [0.1, 0.15) is 19.3 Å². The zero-order chi connectivity index (χ0) is 22.5. The zero-order valence-corrected chi connectivity index (χ0v) is 17.3. The van der Waals surface area contributed by atoms with Crippen LogP contribution in [0.4, 0.5) is 4.79 Å². The highest BCUT2D eigenvalue weighted by atomic mass is 16.6. The van der Waals surface area contributed by atoms with Crippen molar-refractivity contribution in [1.82, 2.24) is 5.32 Å². The van der Waals surface area contributed by atoms with Crippen molar-refractivity contribution in [2.45, 2.75) is 31.9 Å². The lowest BCUT2D eigenvalue weighted by Crippen LogP contribution is -2.46. The molecule has 1 unspecified atom stereocenters. The average Bonchev–Trinajstić information content (AvgIpc) is 3.07. The lowest BCUT2D eigenvalue weighted by molar-refractivity contribution is -0.158. The van der Waals surface area contributed by atoms with Crippen molar-refractivity contribution in [2.24, 2.45) is 5.92 Å². The molecule has 2 aromatic carbocycles.